The largest absolute Gasteiger partial charge is 0.424 e. The number of hydrogen-bond acceptors (Lipinski definition) is 6. The van der Waals surface area contributed by atoms with Crippen LogP contribution >= 0.6 is 11.6 Å². The van der Waals surface area contributed by atoms with Gasteiger partial charge in [0.15, 0.2) is 5.75 Å². The number of nitrogens with one attached hydrogen (secondary N) is 1. The molecule has 3 rings (SSSR count). The van der Waals surface area contributed by atoms with E-state index in [1.165, 1.54) is 24.3 Å². The maximum atomic E-state index is 12.8. The van der Waals surface area contributed by atoms with Gasteiger partial charge in [-0.1, -0.05) is 49.6 Å². The predicted molar refractivity (Wildman–Crippen MR) is 123 cm³/mol. The molecule has 7 nitrogen and oxygen atoms in total. The van der Waals surface area contributed by atoms with Crippen molar-refractivity contribution in [2.24, 2.45) is 0 Å². The summed E-state index contributed by atoms with van der Waals surface area (Å²) in [5, 5.41) is 0.785. The summed E-state index contributed by atoms with van der Waals surface area (Å²) in [5.41, 5.74) is 1.38. The summed E-state index contributed by atoms with van der Waals surface area (Å²) >= 11 is 6.31. The van der Waals surface area contributed by atoms with Gasteiger partial charge in [-0.25, -0.2) is 18.0 Å². The van der Waals surface area contributed by atoms with Crippen molar-refractivity contribution >= 4 is 38.6 Å². The molecular formula is C23H24ClNO6S. The summed E-state index contributed by atoms with van der Waals surface area (Å²) in [7, 11) is -3.94. The lowest BCUT2D eigenvalue weighted by atomic mass is 10.1. The molecule has 0 aliphatic rings. The summed E-state index contributed by atoms with van der Waals surface area (Å²) in [4.78, 5) is 24.7. The van der Waals surface area contributed by atoms with E-state index in [0.29, 0.717) is 18.2 Å². The molecule has 1 heterocycles. The number of rotatable bonds is 8. The van der Waals surface area contributed by atoms with Crippen LogP contribution in [0.15, 0.2) is 56.6 Å². The summed E-state index contributed by atoms with van der Waals surface area (Å²) < 4.78 is 38.5. The van der Waals surface area contributed by atoms with Crippen LogP contribution in [-0.4, -0.2) is 20.4 Å². The molecule has 0 unspecified atom stereocenters. The average Bonchev–Trinajstić information content (AvgIpc) is 2.74. The lowest BCUT2D eigenvalue weighted by Gasteiger charge is -2.18. The normalized spacial score (nSPS) is 12.6. The zero-order valence-corrected chi connectivity index (χ0v) is 19.5. The second-order valence-corrected chi connectivity index (χ2v) is 9.54. The molecule has 3 aromatic rings. The van der Waals surface area contributed by atoms with Gasteiger partial charge in [-0.2, -0.15) is 4.72 Å². The number of sulfonamides is 1. The van der Waals surface area contributed by atoms with Crippen molar-refractivity contribution in [2.45, 2.75) is 51.0 Å². The fourth-order valence-corrected chi connectivity index (χ4v) is 4.69. The molecule has 0 fully saturated rings. The molecule has 170 valence electrons. The number of fused-ring (bicyclic) bond motifs is 1. The van der Waals surface area contributed by atoms with Gasteiger partial charge < -0.3 is 9.15 Å². The van der Waals surface area contributed by atoms with Crippen LogP contribution in [-0.2, 0) is 21.2 Å². The molecule has 9 heteroatoms. The highest BCUT2D eigenvalue weighted by Crippen LogP contribution is 2.32. The Kier molecular flexibility index (Phi) is 7.38. The molecular weight excluding hydrogens is 454 g/mol. The minimum atomic E-state index is -3.94. The third-order valence-corrected chi connectivity index (χ3v) is 6.75. The quantitative estimate of drug-likeness (QED) is 0.293. The van der Waals surface area contributed by atoms with Crippen LogP contribution in [0.4, 0.5) is 0 Å². The smallest absolute Gasteiger partial charge is 0.336 e. The number of aryl methyl sites for hydroxylation is 2. The molecule has 1 aromatic heterocycles. The van der Waals surface area contributed by atoms with Gasteiger partial charge in [-0.3, -0.25) is 0 Å². The second-order valence-electron chi connectivity index (χ2n) is 7.42. The first-order valence-corrected chi connectivity index (χ1v) is 12.1. The molecule has 0 saturated carbocycles. The minimum Gasteiger partial charge on any atom is -0.424 e. The molecule has 0 aliphatic heterocycles. The molecule has 2 aromatic carbocycles. The van der Waals surface area contributed by atoms with Crippen molar-refractivity contribution in [2.75, 3.05) is 0 Å². The number of hydrogen-bond donors (Lipinski definition) is 1. The summed E-state index contributed by atoms with van der Waals surface area (Å²) in [6.07, 6.45) is 1.36. The lowest BCUT2D eigenvalue weighted by Crippen LogP contribution is -2.42. The Morgan fingerprint density at radius 3 is 2.47 bits per heavy atom. The Bertz CT molecular complexity index is 1300. The van der Waals surface area contributed by atoms with Crippen molar-refractivity contribution in [3.8, 4) is 5.75 Å². The fraction of sp³-hybridized carbons (Fsp3) is 0.304. The average molecular weight is 478 g/mol. The van der Waals surface area contributed by atoms with E-state index in [0.717, 1.165) is 11.1 Å². The zero-order valence-electron chi connectivity index (χ0n) is 18.0. The van der Waals surface area contributed by atoms with E-state index in [1.54, 1.807) is 18.2 Å². The van der Waals surface area contributed by atoms with E-state index in [9.17, 15) is 18.0 Å². The van der Waals surface area contributed by atoms with Crippen LogP contribution in [0.2, 0.25) is 5.02 Å². The van der Waals surface area contributed by atoms with Crippen LogP contribution in [0.3, 0.4) is 0 Å². The van der Waals surface area contributed by atoms with Crippen molar-refractivity contribution < 1.29 is 22.4 Å². The van der Waals surface area contributed by atoms with E-state index in [2.05, 4.69) is 4.72 Å². The molecule has 0 amide bonds. The van der Waals surface area contributed by atoms with Crippen LogP contribution in [0, 0.1) is 6.92 Å². The zero-order chi connectivity index (χ0) is 23.5. The van der Waals surface area contributed by atoms with Crippen LogP contribution in [0.5, 0.6) is 5.75 Å². The third kappa shape index (κ3) is 5.38. The molecule has 0 radical (unpaired) electrons. The van der Waals surface area contributed by atoms with Gasteiger partial charge in [-0.05, 0) is 43.5 Å². The first-order chi connectivity index (χ1) is 15.1. The van der Waals surface area contributed by atoms with E-state index >= 15 is 0 Å². The fourth-order valence-electron chi connectivity index (χ4n) is 3.26. The highest BCUT2D eigenvalue weighted by molar-refractivity contribution is 7.89. The summed E-state index contributed by atoms with van der Waals surface area (Å²) in [6, 6.07) is 9.50. The minimum absolute atomic E-state index is 0.0174. The second kappa shape index (κ2) is 9.85. The number of carbonyl (C=O) groups excluding carboxylic acids is 1. The van der Waals surface area contributed by atoms with Crippen molar-refractivity contribution in [3.05, 3.63) is 69.0 Å². The van der Waals surface area contributed by atoms with Crippen molar-refractivity contribution in [1.82, 2.24) is 4.72 Å². The van der Waals surface area contributed by atoms with Gasteiger partial charge >= 0.3 is 11.6 Å². The van der Waals surface area contributed by atoms with E-state index in [-0.39, 0.29) is 27.7 Å². The summed E-state index contributed by atoms with van der Waals surface area (Å²) in [6.45, 7) is 5.57. The number of esters is 1. The van der Waals surface area contributed by atoms with Crippen LogP contribution in [0.25, 0.3) is 11.0 Å². The standard InChI is InChI=1S/C23H24ClNO6S/c1-4-6-19(25-32(28,29)16-9-7-14(3)8-10-16)23(27)31-21-13-20-17(12-18(21)24)15(5-2)11-22(26)30-20/h7-13,19,25H,4-6H2,1-3H3/t19-/m1/s1. The Morgan fingerprint density at radius 1 is 1.16 bits per heavy atom. The summed E-state index contributed by atoms with van der Waals surface area (Å²) in [5.74, 6) is -0.825. The molecule has 0 saturated heterocycles. The van der Waals surface area contributed by atoms with E-state index in [1.807, 2.05) is 20.8 Å². The first kappa shape index (κ1) is 24.0. The molecule has 1 N–H and O–H groups in total. The third-order valence-electron chi connectivity index (χ3n) is 4.96. The highest BCUT2D eigenvalue weighted by Gasteiger charge is 2.27. The van der Waals surface area contributed by atoms with E-state index < -0.39 is 27.7 Å². The highest BCUT2D eigenvalue weighted by atomic mass is 35.5. The topological polar surface area (TPSA) is 103 Å². The van der Waals surface area contributed by atoms with E-state index in [4.69, 9.17) is 20.8 Å². The van der Waals surface area contributed by atoms with Gasteiger partial charge in [-0.15, -0.1) is 0 Å². The van der Waals surface area contributed by atoms with Crippen molar-refractivity contribution in [3.63, 3.8) is 0 Å². The predicted octanol–water partition coefficient (Wildman–Crippen LogP) is 4.37. The van der Waals surface area contributed by atoms with Gasteiger partial charge in [0.05, 0.1) is 9.92 Å². The first-order valence-electron chi connectivity index (χ1n) is 10.2. The molecule has 0 bridgehead atoms. The number of ether oxygens (including phenoxy) is 1. The van der Waals surface area contributed by atoms with Crippen LogP contribution < -0.4 is 15.1 Å². The molecule has 32 heavy (non-hydrogen) atoms. The number of halogens is 1. The lowest BCUT2D eigenvalue weighted by molar-refractivity contribution is -0.136. The van der Waals surface area contributed by atoms with Crippen molar-refractivity contribution in [1.29, 1.82) is 0 Å². The Morgan fingerprint density at radius 2 is 1.84 bits per heavy atom. The maximum Gasteiger partial charge on any atom is 0.336 e. The Balaban J connectivity index is 1.89. The van der Waals surface area contributed by atoms with Gasteiger partial charge in [0.25, 0.3) is 0 Å². The van der Waals surface area contributed by atoms with Gasteiger partial charge in [0.1, 0.15) is 11.6 Å². The van der Waals surface area contributed by atoms with Crippen LogP contribution in [0.1, 0.15) is 37.8 Å². The molecule has 1 atom stereocenters. The monoisotopic (exact) mass is 477 g/mol. The van der Waals surface area contributed by atoms with Gasteiger partial charge in [0.2, 0.25) is 10.0 Å². The maximum absolute atomic E-state index is 12.8. The molecule has 0 spiro atoms. The van der Waals surface area contributed by atoms with Gasteiger partial charge in [0, 0.05) is 17.5 Å². The number of carbonyl (C=O) groups is 1. The Labute approximate surface area is 191 Å². The SMILES string of the molecule is CCC[C@@H](NS(=O)(=O)c1ccc(C)cc1)C(=O)Oc1cc2oc(=O)cc(CC)c2cc1Cl. The number of benzene rings is 2. The molecule has 0 aliphatic carbocycles. The Hall–Kier alpha value is -2.68.